The van der Waals surface area contributed by atoms with E-state index in [9.17, 15) is 9.90 Å². The summed E-state index contributed by atoms with van der Waals surface area (Å²) in [5.74, 6) is 0.268. The van der Waals surface area contributed by atoms with Crippen molar-refractivity contribution in [2.75, 3.05) is 13.1 Å². The van der Waals surface area contributed by atoms with Crippen LogP contribution < -0.4 is 0 Å². The SMILES string of the molecule is Cc1ccc(C)n1-c1sccc1C(=O)N1CCCC(C(C)O)C1. The Morgan fingerprint density at radius 3 is 2.65 bits per heavy atom. The van der Waals surface area contributed by atoms with Crippen LogP contribution >= 0.6 is 11.3 Å². The highest BCUT2D eigenvalue weighted by molar-refractivity contribution is 7.13. The first-order valence-corrected chi connectivity index (χ1v) is 9.07. The summed E-state index contributed by atoms with van der Waals surface area (Å²) in [5, 5.41) is 12.8. The molecule has 4 nitrogen and oxygen atoms in total. The van der Waals surface area contributed by atoms with E-state index >= 15 is 0 Å². The number of aliphatic hydroxyl groups excluding tert-OH is 1. The molecule has 0 spiro atoms. The highest BCUT2D eigenvalue weighted by Crippen LogP contribution is 2.29. The van der Waals surface area contributed by atoms with Gasteiger partial charge in [-0.2, -0.15) is 0 Å². The van der Waals surface area contributed by atoms with Crippen molar-refractivity contribution in [2.24, 2.45) is 5.92 Å². The van der Waals surface area contributed by atoms with Crippen LogP contribution in [-0.2, 0) is 0 Å². The second-order valence-electron chi connectivity index (χ2n) is 6.49. The highest BCUT2D eigenvalue weighted by atomic mass is 32.1. The molecule has 2 atom stereocenters. The molecule has 1 N–H and O–H groups in total. The van der Waals surface area contributed by atoms with Crippen LogP contribution in [0.3, 0.4) is 0 Å². The van der Waals surface area contributed by atoms with Crippen molar-refractivity contribution in [1.82, 2.24) is 9.47 Å². The van der Waals surface area contributed by atoms with E-state index in [0.717, 1.165) is 41.3 Å². The second kappa shape index (κ2) is 6.49. The van der Waals surface area contributed by atoms with Crippen LogP contribution in [0.1, 0.15) is 41.5 Å². The van der Waals surface area contributed by atoms with E-state index in [4.69, 9.17) is 0 Å². The predicted molar refractivity (Wildman–Crippen MR) is 93.4 cm³/mol. The van der Waals surface area contributed by atoms with Gasteiger partial charge < -0.3 is 14.6 Å². The summed E-state index contributed by atoms with van der Waals surface area (Å²) < 4.78 is 2.15. The Bertz CT molecular complexity index is 682. The maximum Gasteiger partial charge on any atom is 0.256 e. The first kappa shape index (κ1) is 16.3. The smallest absolute Gasteiger partial charge is 0.256 e. The quantitative estimate of drug-likeness (QED) is 0.936. The van der Waals surface area contributed by atoms with Gasteiger partial charge in [0.05, 0.1) is 11.7 Å². The summed E-state index contributed by atoms with van der Waals surface area (Å²) in [6.07, 6.45) is 1.59. The van der Waals surface area contributed by atoms with Gasteiger partial charge in [0.15, 0.2) is 0 Å². The molecule has 0 bridgehead atoms. The van der Waals surface area contributed by atoms with Crippen molar-refractivity contribution < 1.29 is 9.90 Å². The first-order valence-electron chi connectivity index (χ1n) is 8.19. The highest BCUT2D eigenvalue weighted by Gasteiger charge is 2.29. The largest absolute Gasteiger partial charge is 0.393 e. The van der Waals surface area contributed by atoms with Crippen molar-refractivity contribution in [3.63, 3.8) is 0 Å². The Kier molecular flexibility index (Phi) is 4.60. The summed E-state index contributed by atoms with van der Waals surface area (Å²) >= 11 is 1.60. The zero-order valence-corrected chi connectivity index (χ0v) is 14.8. The third-order valence-corrected chi connectivity index (χ3v) is 5.67. The fourth-order valence-corrected chi connectivity index (χ4v) is 4.39. The van der Waals surface area contributed by atoms with E-state index in [0.29, 0.717) is 6.54 Å². The zero-order chi connectivity index (χ0) is 16.6. The number of piperidine rings is 1. The number of nitrogens with zero attached hydrogens (tertiary/aromatic N) is 2. The third-order valence-electron chi connectivity index (χ3n) is 4.78. The van der Waals surface area contributed by atoms with Crippen LogP contribution in [0.15, 0.2) is 23.6 Å². The number of aromatic nitrogens is 1. The zero-order valence-electron chi connectivity index (χ0n) is 14.0. The minimum absolute atomic E-state index is 0.0825. The molecule has 23 heavy (non-hydrogen) atoms. The van der Waals surface area contributed by atoms with E-state index < -0.39 is 0 Å². The predicted octanol–water partition coefficient (Wildman–Crippen LogP) is 3.39. The average Bonchev–Trinajstić information content (AvgIpc) is 3.13. The van der Waals surface area contributed by atoms with Crippen LogP contribution in [-0.4, -0.2) is 39.7 Å². The lowest BCUT2D eigenvalue weighted by molar-refractivity contribution is 0.0466. The minimum Gasteiger partial charge on any atom is -0.393 e. The van der Waals surface area contributed by atoms with E-state index in [2.05, 4.69) is 30.5 Å². The molecular formula is C18H24N2O2S. The maximum absolute atomic E-state index is 13.0. The number of hydrogen-bond acceptors (Lipinski definition) is 3. The Hall–Kier alpha value is -1.59. The average molecular weight is 332 g/mol. The number of amides is 1. The van der Waals surface area contributed by atoms with Crippen molar-refractivity contribution in [2.45, 2.75) is 39.7 Å². The molecule has 1 aliphatic rings. The molecule has 3 heterocycles. The van der Waals surface area contributed by atoms with Crippen LogP contribution in [0.2, 0.25) is 0 Å². The number of likely N-dealkylation sites (tertiary alicyclic amines) is 1. The summed E-state index contributed by atoms with van der Waals surface area (Å²) in [4.78, 5) is 14.9. The fourth-order valence-electron chi connectivity index (χ4n) is 3.38. The number of hydrogen-bond donors (Lipinski definition) is 1. The van der Waals surface area contributed by atoms with Gasteiger partial charge in [-0.15, -0.1) is 11.3 Å². The van der Waals surface area contributed by atoms with E-state index in [-0.39, 0.29) is 17.9 Å². The van der Waals surface area contributed by atoms with Crippen molar-refractivity contribution in [3.05, 3.63) is 40.5 Å². The molecule has 1 saturated heterocycles. The molecule has 5 heteroatoms. The van der Waals surface area contributed by atoms with Gasteiger partial charge in [-0.05, 0) is 57.2 Å². The molecule has 0 saturated carbocycles. The first-order chi connectivity index (χ1) is 11.0. The van der Waals surface area contributed by atoms with Crippen LogP contribution in [0.5, 0.6) is 0 Å². The second-order valence-corrected chi connectivity index (χ2v) is 7.38. The summed E-state index contributed by atoms with van der Waals surface area (Å²) in [6, 6.07) is 6.08. The van der Waals surface area contributed by atoms with Crippen LogP contribution in [0.4, 0.5) is 0 Å². The normalized spacial score (nSPS) is 19.8. The molecule has 2 aromatic rings. The van der Waals surface area contributed by atoms with E-state index in [1.165, 1.54) is 0 Å². The molecule has 1 aliphatic heterocycles. The molecule has 124 valence electrons. The lowest BCUT2D eigenvalue weighted by Gasteiger charge is -2.34. The number of rotatable bonds is 3. The van der Waals surface area contributed by atoms with Gasteiger partial charge in [-0.1, -0.05) is 0 Å². The number of carbonyl (C=O) groups excluding carboxylic acids is 1. The fraction of sp³-hybridized carbons (Fsp3) is 0.500. The van der Waals surface area contributed by atoms with Crippen molar-refractivity contribution >= 4 is 17.2 Å². The molecule has 1 fully saturated rings. The lowest BCUT2D eigenvalue weighted by atomic mass is 9.93. The Labute approximate surface area is 141 Å². The topological polar surface area (TPSA) is 45.5 Å². The summed E-state index contributed by atoms with van der Waals surface area (Å²) in [5.41, 5.74) is 3.04. The van der Waals surface area contributed by atoms with Gasteiger partial charge in [-0.3, -0.25) is 4.79 Å². The van der Waals surface area contributed by atoms with Gasteiger partial charge >= 0.3 is 0 Å². The van der Waals surface area contributed by atoms with Crippen LogP contribution in [0.25, 0.3) is 5.00 Å². The number of aryl methyl sites for hydroxylation is 2. The number of thiophene rings is 1. The number of carbonyl (C=O) groups is 1. The molecule has 0 aliphatic carbocycles. The van der Waals surface area contributed by atoms with Gasteiger partial charge in [0.1, 0.15) is 5.00 Å². The molecule has 2 unspecified atom stereocenters. The Morgan fingerprint density at radius 1 is 1.30 bits per heavy atom. The number of aliphatic hydroxyl groups is 1. The van der Waals surface area contributed by atoms with Crippen molar-refractivity contribution in [3.8, 4) is 5.00 Å². The Balaban J connectivity index is 1.88. The molecule has 3 rings (SSSR count). The molecule has 1 amide bonds. The molecular weight excluding hydrogens is 308 g/mol. The van der Waals surface area contributed by atoms with Gasteiger partial charge in [-0.25, -0.2) is 0 Å². The molecule has 0 radical (unpaired) electrons. The monoisotopic (exact) mass is 332 g/mol. The Morgan fingerprint density at radius 2 is 2.00 bits per heavy atom. The van der Waals surface area contributed by atoms with E-state index in [1.807, 2.05) is 23.3 Å². The van der Waals surface area contributed by atoms with Crippen LogP contribution in [0, 0.1) is 19.8 Å². The van der Waals surface area contributed by atoms with E-state index in [1.54, 1.807) is 11.3 Å². The molecule has 0 aromatic carbocycles. The van der Waals surface area contributed by atoms with Crippen molar-refractivity contribution in [1.29, 1.82) is 0 Å². The van der Waals surface area contributed by atoms with Gasteiger partial charge in [0.2, 0.25) is 0 Å². The third kappa shape index (κ3) is 3.08. The lowest BCUT2D eigenvalue weighted by Crippen LogP contribution is -2.43. The van der Waals surface area contributed by atoms with Gasteiger partial charge in [0, 0.05) is 30.4 Å². The standard InChI is InChI=1S/C18H24N2O2S/c1-12-6-7-13(2)20(12)18-16(8-10-23-18)17(22)19-9-4-5-15(11-19)14(3)21/h6-8,10,14-15,21H,4-5,9,11H2,1-3H3. The maximum atomic E-state index is 13.0. The molecule has 2 aromatic heterocycles. The summed E-state index contributed by atoms with van der Waals surface area (Å²) in [6.45, 7) is 7.37. The minimum atomic E-state index is -0.360. The summed E-state index contributed by atoms with van der Waals surface area (Å²) in [7, 11) is 0. The van der Waals surface area contributed by atoms with Gasteiger partial charge in [0.25, 0.3) is 5.91 Å².